The number of hydrogen-bond acceptors (Lipinski definition) is 5. The third-order valence-corrected chi connectivity index (χ3v) is 7.87. The second-order valence-corrected chi connectivity index (χ2v) is 10.3. The number of hydrogen-bond donors (Lipinski definition) is 1. The molecule has 0 aromatic carbocycles. The van der Waals surface area contributed by atoms with Gasteiger partial charge in [0.2, 0.25) is 0 Å². The molecule has 5 rings (SSSR count). The molecule has 3 aliphatic rings. The SMILES string of the molecule is Cc1ccc(C(=O)N2CCC[C@H](c3nc4c(c(=O)[nH]3)CN(C3CCC(C)CC3)CC4)C2)cn1. The minimum Gasteiger partial charge on any atom is -0.338 e. The molecule has 1 saturated heterocycles. The van der Waals surface area contributed by atoms with E-state index in [4.69, 9.17) is 4.98 Å². The van der Waals surface area contributed by atoms with Crippen LogP contribution >= 0.6 is 0 Å². The summed E-state index contributed by atoms with van der Waals surface area (Å²) in [5.74, 6) is 1.65. The van der Waals surface area contributed by atoms with E-state index >= 15 is 0 Å². The predicted molar refractivity (Wildman–Crippen MR) is 127 cm³/mol. The van der Waals surface area contributed by atoms with Crippen molar-refractivity contribution in [2.45, 2.75) is 77.3 Å². The Hall–Kier alpha value is -2.54. The van der Waals surface area contributed by atoms with Gasteiger partial charge in [0.25, 0.3) is 11.5 Å². The normalized spacial score (nSPS) is 26.1. The van der Waals surface area contributed by atoms with Crippen molar-refractivity contribution in [2.75, 3.05) is 19.6 Å². The number of aromatic nitrogens is 3. The molecule has 0 spiro atoms. The highest BCUT2D eigenvalue weighted by atomic mass is 16.2. The van der Waals surface area contributed by atoms with E-state index in [1.165, 1.54) is 25.7 Å². The maximum atomic E-state index is 13.1. The molecule has 176 valence electrons. The Morgan fingerprint density at radius 3 is 2.70 bits per heavy atom. The lowest BCUT2D eigenvalue weighted by Gasteiger charge is -2.38. The number of fused-ring (bicyclic) bond motifs is 1. The lowest BCUT2D eigenvalue weighted by Crippen LogP contribution is -2.44. The lowest BCUT2D eigenvalue weighted by molar-refractivity contribution is 0.0703. The lowest BCUT2D eigenvalue weighted by atomic mass is 9.86. The van der Waals surface area contributed by atoms with Gasteiger partial charge in [-0.2, -0.15) is 0 Å². The highest BCUT2D eigenvalue weighted by molar-refractivity contribution is 5.94. The summed E-state index contributed by atoms with van der Waals surface area (Å²) in [6, 6.07) is 4.31. The van der Waals surface area contributed by atoms with Crippen molar-refractivity contribution in [3.8, 4) is 0 Å². The van der Waals surface area contributed by atoms with Crippen LogP contribution in [0.25, 0.3) is 0 Å². The number of H-pyrrole nitrogens is 1. The van der Waals surface area contributed by atoms with E-state index in [1.807, 2.05) is 24.0 Å². The number of nitrogens with one attached hydrogen (secondary N) is 1. The van der Waals surface area contributed by atoms with Gasteiger partial charge in [-0.3, -0.25) is 19.5 Å². The van der Waals surface area contributed by atoms with Crippen molar-refractivity contribution >= 4 is 5.91 Å². The molecular weight excluding hydrogens is 414 g/mol. The quantitative estimate of drug-likeness (QED) is 0.776. The van der Waals surface area contributed by atoms with Crippen LogP contribution in [-0.2, 0) is 13.0 Å². The van der Waals surface area contributed by atoms with E-state index in [1.54, 1.807) is 6.20 Å². The first-order valence-electron chi connectivity index (χ1n) is 12.6. The van der Waals surface area contributed by atoms with Crippen LogP contribution in [0, 0.1) is 12.8 Å². The largest absolute Gasteiger partial charge is 0.338 e. The van der Waals surface area contributed by atoms with Gasteiger partial charge in [0.1, 0.15) is 5.82 Å². The molecule has 4 heterocycles. The molecule has 2 fully saturated rings. The fraction of sp³-hybridized carbons (Fsp3) is 0.615. The summed E-state index contributed by atoms with van der Waals surface area (Å²) < 4.78 is 0. The Balaban J connectivity index is 1.29. The van der Waals surface area contributed by atoms with Gasteiger partial charge in [0.15, 0.2) is 0 Å². The van der Waals surface area contributed by atoms with E-state index in [0.29, 0.717) is 24.7 Å². The van der Waals surface area contributed by atoms with Crippen LogP contribution < -0.4 is 5.56 Å². The first-order valence-corrected chi connectivity index (χ1v) is 12.6. The number of aromatic amines is 1. The zero-order chi connectivity index (χ0) is 22.9. The Morgan fingerprint density at radius 1 is 1.12 bits per heavy atom. The van der Waals surface area contributed by atoms with E-state index in [0.717, 1.165) is 61.0 Å². The minimum atomic E-state index is 0.00458. The molecular formula is C26H35N5O2. The minimum absolute atomic E-state index is 0.00458. The smallest absolute Gasteiger partial charge is 0.255 e. The zero-order valence-corrected chi connectivity index (χ0v) is 19.8. The average Bonchev–Trinajstić information content (AvgIpc) is 2.84. The molecule has 2 aromatic rings. The molecule has 1 atom stereocenters. The summed E-state index contributed by atoms with van der Waals surface area (Å²) in [6.07, 6.45) is 9.38. The van der Waals surface area contributed by atoms with E-state index < -0.39 is 0 Å². The van der Waals surface area contributed by atoms with Gasteiger partial charge in [-0.05, 0) is 63.5 Å². The molecule has 7 heteroatoms. The topological polar surface area (TPSA) is 82.2 Å². The van der Waals surface area contributed by atoms with Crippen LogP contribution in [0.3, 0.4) is 0 Å². The highest BCUT2D eigenvalue weighted by Gasteiger charge is 2.31. The Morgan fingerprint density at radius 2 is 1.94 bits per heavy atom. The number of likely N-dealkylation sites (tertiary alicyclic amines) is 1. The maximum Gasteiger partial charge on any atom is 0.255 e. The first-order chi connectivity index (χ1) is 16.0. The van der Waals surface area contributed by atoms with Gasteiger partial charge in [-0.15, -0.1) is 0 Å². The molecule has 1 N–H and O–H groups in total. The highest BCUT2D eigenvalue weighted by Crippen LogP contribution is 2.30. The van der Waals surface area contributed by atoms with Crippen molar-refractivity contribution < 1.29 is 4.79 Å². The van der Waals surface area contributed by atoms with E-state index in [2.05, 4.69) is 21.8 Å². The molecule has 0 radical (unpaired) electrons. The molecule has 2 aliphatic heterocycles. The zero-order valence-electron chi connectivity index (χ0n) is 19.8. The number of rotatable bonds is 3. The molecule has 7 nitrogen and oxygen atoms in total. The number of nitrogens with zero attached hydrogens (tertiary/aromatic N) is 4. The Bertz CT molecular complexity index is 1060. The Kier molecular flexibility index (Phi) is 6.32. The predicted octanol–water partition coefficient (Wildman–Crippen LogP) is 3.43. The third kappa shape index (κ3) is 4.74. The number of aryl methyl sites for hydroxylation is 1. The van der Waals surface area contributed by atoms with Gasteiger partial charge in [0.05, 0.1) is 16.8 Å². The van der Waals surface area contributed by atoms with Crippen LogP contribution in [-0.4, -0.2) is 56.3 Å². The number of carbonyl (C=O) groups excluding carboxylic acids is 1. The summed E-state index contributed by atoms with van der Waals surface area (Å²) in [7, 11) is 0. The van der Waals surface area contributed by atoms with E-state index in [9.17, 15) is 9.59 Å². The van der Waals surface area contributed by atoms with Crippen molar-refractivity contribution in [1.29, 1.82) is 0 Å². The van der Waals surface area contributed by atoms with Gasteiger partial charge in [-0.1, -0.05) is 6.92 Å². The molecule has 0 bridgehead atoms. The Labute approximate surface area is 195 Å². The fourth-order valence-corrected chi connectivity index (χ4v) is 5.74. The first kappa shape index (κ1) is 22.3. The van der Waals surface area contributed by atoms with Crippen molar-refractivity contribution in [1.82, 2.24) is 24.8 Å². The van der Waals surface area contributed by atoms with Gasteiger partial charge < -0.3 is 9.88 Å². The third-order valence-electron chi connectivity index (χ3n) is 7.87. The summed E-state index contributed by atoms with van der Waals surface area (Å²) in [4.78, 5) is 42.7. The monoisotopic (exact) mass is 449 g/mol. The van der Waals surface area contributed by atoms with Crippen LogP contribution in [0.2, 0.25) is 0 Å². The molecule has 1 saturated carbocycles. The second kappa shape index (κ2) is 9.37. The number of amides is 1. The summed E-state index contributed by atoms with van der Waals surface area (Å²) in [6.45, 7) is 7.27. The van der Waals surface area contributed by atoms with Gasteiger partial charge in [-0.25, -0.2) is 4.98 Å². The van der Waals surface area contributed by atoms with Crippen molar-refractivity contribution in [3.05, 3.63) is 57.0 Å². The van der Waals surface area contributed by atoms with Gasteiger partial charge in [0, 0.05) is 56.5 Å². The van der Waals surface area contributed by atoms with Crippen molar-refractivity contribution in [2.24, 2.45) is 5.92 Å². The summed E-state index contributed by atoms with van der Waals surface area (Å²) in [5, 5.41) is 0. The van der Waals surface area contributed by atoms with Crippen LogP contribution in [0.5, 0.6) is 0 Å². The maximum absolute atomic E-state index is 13.1. The number of pyridine rings is 1. The second-order valence-electron chi connectivity index (χ2n) is 10.3. The standard InChI is InChI=1S/C26H35N5O2/c1-17-5-9-21(10-6-17)30-13-11-23-22(16-30)25(32)29-24(28-23)20-4-3-12-31(15-20)26(33)19-8-7-18(2)27-14-19/h7-8,14,17,20-21H,3-6,9-13,15-16H2,1-2H3,(H,28,29,32)/t17?,20-,21?/m0/s1. The van der Waals surface area contributed by atoms with Crippen LogP contribution in [0.4, 0.5) is 0 Å². The summed E-state index contributed by atoms with van der Waals surface area (Å²) in [5.41, 5.74) is 3.33. The number of carbonyl (C=O) groups is 1. The molecule has 1 aliphatic carbocycles. The molecule has 0 unspecified atom stereocenters. The summed E-state index contributed by atoms with van der Waals surface area (Å²) >= 11 is 0. The van der Waals surface area contributed by atoms with Crippen LogP contribution in [0.15, 0.2) is 23.1 Å². The average molecular weight is 450 g/mol. The fourth-order valence-electron chi connectivity index (χ4n) is 5.74. The van der Waals surface area contributed by atoms with Crippen LogP contribution in [0.1, 0.15) is 84.5 Å². The molecule has 33 heavy (non-hydrogen) atoms. The molecule has 2 aromatic heterocycles. The van der Waals surface area contributed by atoms with Gasteiger partial charge >= 0.3 is 0 Å². The molecule has 1 amide bonds. The van der Waals surface area contributed by atoms with E-state index in [-0.39, 0.29) is 17.4 Å². The van der Waals surface area contributed by atoms with Crippen molar-refractivity contribution in [3.63, 3.8) is 0 Å². The number of piperidine rings is 1.